The highest BCUT2D eigenvalue weighted by molar-refractivity contribution is 14.1. The van der Waals surface area contributed by atoms with Gasteiger partial charge in [-0.05, 0) is 100 Å². The maximum Gasteiger partial charge on any atom is 0.338 e. The van der Waals surface area contributed by atoms with E-state index >= 15 is 0 Å². The molecule has 222 valence electrons. The van der Waals surface area contributed by atoms with Crippen LogP contribution in [0.15, 0.2) is 81.7 Å². The number of allylic oxidation sites excluding steroid dienone is 1. The van der Waals surface area contributed by atoms with Crippen molar-refractivity contribution in [2.45, 2.75) is 26.5 Å². The summed E-state index contributed by atoms with van der Waals surface area (Å²) in [7, 11) is 3.11. The summed E-state index contributed by atoms with van der Waals surface area (Å²) in [4.78, 5) is 32.5. The van der Waals surface area contributed by atoms with E-state index in [1.165, 1.54) is 11.3 Å². The van der Waals surface area contributed by atoms with E-state index in [-0.39, 0.29) is 17.7 Å². The summed E-state index contributed by atoms with van der Waals surface area (Å²) >= 11 is 5.78. The summed E-state index contributed by atoms with van der Waals surface area (Å²) in [5, 5.41) is 0. The smallest absolute Gasteiger partial charge is 0.338 e. The number of carbonyl (C=O) groups excluding carboxylic acids is 1. The monoisotopic (exact) mass is 822 g/mol. The molecule has 1 aliphatic rings. The van der Waals surface area contributed by atoms with Crippen molar-refractivity contribution in [3.8, 4) is 17.2 Å². The molecule has 8 nitrogen and oxygen atoms in total. The molecule has 0 spiro atoms. The van der Waals surface area contributed by atoms with Gasteiger partial charge in [-0.2, -0.15) is 0 Å². The molecule has 43 heavy (non-hydrogen) atoms. The molecule has 0 N–H and O–H groups in total. The summed E-state index contributed by atoms with van der Waals surface area (Å²) < 4.78 is 26.5. The van der Waals surface area contributed by atoms with Gasteiger partial charge in [0, 0.05) is 11.6 Å². The van der Waals surface area contributed by atoms with Crippen molar-refractivity contribution in [3.63, 3.8) is 0 Å². The Bertz CT molecular complexity index is 1880. The average Bonchev–Trinajstić information content (AvgIpc) is 3.30. The molecular formula is C32H28I2N2O6S. The predicted octanol–water partition coefficient (Wildman–Crippen LogP) is 5.60. The lowest BCUT2D eigenvalue weighted by molar-refractivity contribution is -0.139. The number of hydrogen-bond donors (Lipinski definition) is 0. The van der Waals surface area contributed by atoms with Crippen LogP contribution >= 0.6 is 56.5 Å². The second-order valence-corrected chi connectivity index (χ2v) is 12.8. The number of carbonyl (C=O) groups is 1. The molecule has 1 aromatic heterocycles. The molecule has 0 aliphatic carbocycles. The van der Waals surface area contributed by atoms with E-state index < -0.39 is 12.0 Å². The van der Waals surface area contributed by atoms with Crippen LogP contribution in [0.1, 0.15) is 36.6 Å². The number of halogens is 2. The molecular weight excluding hydrogens is 794 g/mol. The minimum Gasteiger partial charge on any atom is -0.497 e. The quantitative estimate of drug-likeness (QED) is 0.162. The number of hydrogen-bond acceptors (Lipinski definition) is 8. The van der Waals surface area contributed by atoms with Crippen molar-refractivity contribution in [1.82, 2.24) is 4.57 Å². The van der Waals surface area contributed by atoms with Crippen LogP contribution in [0.2, 0.25) is 0 Å². The molecule has 1 aliphatic heterocycles. The lowest BCUT2D eigenvalue weighted by atomic mass is 9.95. The molecule has 11 heteroatoms. The van der Waals surface area contributed by atoms with E-state index in [4.69, 9.17) is 18.9 Å². The topological polar surface area (TPSA) is 88.4 Å². The van der Waals surface area contributed by atoms with Crippen molar-refractivity contribution in [2.24, 2.45) is 4.99 Å². The van der Waals surface area contributed by atoms with Gasteiger partial charge in [-0.25, -0.2) is 9.79 Å². The molecule has 3 aromatic carbocycles. The van der Waals surface area contributed by atoms with Crippen LogP contribution in [0.25, 0.3) is 6.08 Å². The van der Waals surface area contributed by atoms with Gasteiger partial charge in [-0.3, -0.25) is 9.36 Å². The molecule has 0 bridgehead atoms. The Morgan fingerprint density at radius 2 is 1.77 bits per heavy atom. The Balaban J connectivity index is 1.60. The fraction of sp³-hybridized carbons (Fsp3) is 0.219. The number of aromatic nitrogens is 1. The molecule has 0 unspecified atom stereocenters. The third-order valence-corrected chi connectivity index (χ3v) is 9.38. The Morgan fingerprint density at radius 3 is 2.42 bits per heavy atom. The predicted molar refractivity (Wildman–Crippen MR) is 183 cm³/mol. The van der Waals surface area contributed by atoms with Crippen molar-refractivity contribution in [3.05, 3.63) is 115 Å². The summed E-state index contributed by atoms with van der Waals surface area (Å²) in [5.41, 5.74) is 3.06. The zero-order chi connectivity index (χ0) is 30.7. The highest BCUT2D eigenvalue weighted by atomic mass is 127. The van der Waals surface area contributed by atoms with Crippen molar-refractivity contribution in [1.29, 1.82) is 0 Å². The Morgan fingerprint density at radius 1 is 1.05 bits per heavy atom. The van der Waals surface area contributed by atoms with E-state index in [9.17, 15) is 9.59 Å². The second-order valence-electron chi connectivity index (χ2n) is 9.50. The van der Waals surface area contributed by atoms with Gasteiger partial charge in [0.15, 0.2) is 4.80 Å². The Labute approximate surface area is 279 Å². The molecule has 2 heterocycles. The highest BCUT2D eigenvalue weighted by Crippen LogP contribution is 2.37. The molecule has 0 fully saturated rings. The minimum absolute atomic E-state index is 0.189. The summed E-state index contributed by atoms with van der Waals surface area (Å²) in [6.45, 7) is 4.15. The van der Waals surface area contributed by atoms with Crippen molar-refractivity contribution >= 4 is 68.6 Å². The van der Waals surface area contributed by atoms with Crippen molar-refractivity contribution < 1.29 is 23.7 Å². The summed E-state index contributed by atoms with van der Waals surface area (Å²) in [5.74, 6) is 1.33. The van der Waals surface area contributed by atoms with Gasteiger partial charge in [-0.1, -0.05) is 41.7 Å². The lowest BCUT2D eigenvalue weighted by Gasteiger charge is -2.26. The number of fused-ring (bicyclic) bond motifs is 1. The van der Waals surface area contributed by atoms with Crippen LogP contribution in [0.5, 0.6) is 17.2 Å². The maximum absolute atomic E-state index is 14.1. The fourth-order valence-corrected chi connectivity index (χ4v) is 7.99. The van der Waals surface area contributed by atoms with Crippen LogP contribution in [0.3, 0.4) is 0 Å². The largest absolute Gasteiger partial charge is 0.497 e. The van der Waals surface area contributed by atoms with E-state index in [0.29, 0.717) is 38.7 Å². The summed E-state index contributed by atoms with van der Waals surface area (Å²) in [6.07, 6.45) is 1.85. The summed E-state index contributed by atoms with van der Waals surface area (Å²) in [6, 6.07) is 18.5. The van der Waals surface area contributed by atoms with Crippen LogP contribution in [-0.2, 0) is 16.1 Å². The van der Waals surface area contributed by atoms with Gasteiger partial charge in [0.05, 0.1) is 43.8 Å². The number of benzene rings is 3. The molecule has 0 saturated heterocycles. The van der Waals surface area contributed by atoms with E-state index in [2.05, 4.69) is 50.2 Å². The van der Waals surface area contributed by atoms with Crippen molar-refractivity contribution in [2.75, 3.05) is 20.8 Å². The van der Waals surface area contributed by atoms with Crippen LogP contribution < -0.4 is 29.1 Å². The number of thiazole rings is 1. The number of ether oxygens (including phenoxy) is 4. The first-order valence-corrected chi connectivity index (χ1v) is 16.3. The number of rotatable bonds is 9. The highest BCUT2D eigenvalue weighted by Gasteiger charge is 2.35. The third-order valence-electron chi connectivity index (χ3n) is 6.80. The minimum atomic E-state index is -0.799. The van der Waals surface area contributed by atoms with Crippen LogP contribution in [-0.4, -0.2) is 31.4 Å². The van der Waals surface area contributed by atoms with Gasteiger partial charge >= 0.3 is 5.97 Å². The zero-order valence-electron chi connectivity index (χ0n) is 23.9. The zero-order valence-corrected chi connectivity index (χ0v) is 29.0. The molecule has 0 radical (unpaired) electrons. The SMILES string of the molecule is CCOC(=O)C1=C(C)N=c2s/c(=C\c3cc(I)c(OCc4ccccc4)c(I)c3)c(=O)n2[C@H]1c1ccc(OC)cc1OC. The standard InChI is InChI=1S/C32H28I2N2O6S/c1-5-41-31(38)27-18(2)35-32-36(28(27)22-12-11-21(39-3)16-25(22)40-4)30(37)26(43-32)15-20-13-23(33)29(24(34)14-20)42-17-19-9-7-6-8-10-19/h6-16,28H,5,17H2,1-4H3/b26-15-/t28-/m0/s1. The van der Waals surface area contributed by atoms with Crippen LogP contribution in [0, 0.1) is 7.14 Å². The normalized spacial score (nSPS) is 14.7. The molecule has 1 atom stereocenters. The van der Waals surface area contributed by atoms with E-state index in [0.717, 1.165) is 24.0 Å². The van der Waals surface area contributed by atoms with Gasteiger partial charge in [0.1, 0.15) is 29.9 Å². The maximum atomic E-state index is 14.1. The Hall–Kier alpha value is -3.17. The van der Waals surface area contributed by atoms with Gasteiger partial charge < -0.3 is 18.9 Å². The average molecular weight is 822 g/mol. The van der Waals surface area contributed by atoms with Crippen LogP contribution in [0.4, 0.5) is 0 Å². The first kappa shape index (κ1) is 31.3. The second kappa shape index (κ2) is 13.6. The van der Waals surface area contributed by atoms with E-state index in [1.54, 1.807) is 50.8 Å². The number of nitrogens with zero attached hydrogens (tertiary/aromatic N) is 2. The Kier molecular flexibility index (Phi) is 9.92. The van der Waals surface area contributed by atoms with Gasteiger partial charge in [0.25, 0.3) is 5.56 Å². The third kappa shape index (κ3) is 6.53. The molecule has 0 amide bonds. The number of esters is 1. The molecule has 4 aromatic rings. The lowest BCUT2D eigenvalue weighted by Crippen LogP contribution is -2.40. The molecule has 5 rings (SSSR count). The first-order chi connectivity index (χ1) is 20.7. The van der Waals surface area contributed by atoms with Gasteiger partial charge in [-0.15, -0.1) is 0 Å². The van der Waals surface area contributed by atoms with E-state index in [1.807, 2.05) is 48.5 Å². The first-order valence-electron chi connectivity index (χ1n) is 13.3. The number of methoxy groups -OCH3 is 2. The molecule has 0 saturated carbocycles. The van der Waals surface area contributed by atoms with Gasteiger partial charge in [0.2, 0.25) is 0 Å². The fourth-order valence-electron chi connectivity index (χ4n) is 4.81.